The van der Waals surface area contributed by atoms with Crippen LogP contribution in [-0.4, -0.2) is 21.3 Å². The molecule has 1 N–H and O–H groups in total. The Morgan fingerprint density at radius 1 is 1.59 bits per heavy atom. The normalized spacial score (nSPS) is 12.2. The summed E-state index contributed by atoms with van der Waals surface area (Å²) in [4.78, 5) is 11.6. The second-order valence-corrected chi connectivity index (χ2v) is 4.52. The Bertz CT molecular complexity index is 438. The average molecular weight is 321 g/mol. The van der Waals surface area contributed by atoms with Crippen molar-refractivity contribution >= 4 is 38.8 Å². The minimum absolute atomic E-state index is 0.00819. The van der Waals surface area contributed by atoms with Crippen LogP contribution in [0.2, 0.25) is 0 Å². The molecule has 17 heavy (non-hydrogen) atoms. The van der Waals surface area contributed by atoms with Crippen molar-refractivity contribution in [2.75, 3.05) is 12.0 Å². The second-order valence-electron chi connectivity index (χ2n) is 3.09. The van der Waals surface area contributed by atoms with Gasteiger partial charge in [0, 0.05) is 12.0 Å². The van der Waals surface area contributed by atoms with Crippen molar-refractivity contribution in [3.63, 3.8) is 0 Å². The molecule has 1 unspecified atom stereocenters. The molecule has 1 atom stereocenters. The number of hydrogen-bond donors (Lipinski definition) is 1. The highest BCUT2D eigenvalue weighted by Crippen LogP contribution is 2.27. The second kappa shape index (κ2) is 6.85. The van der Waals surface area contributed by atoms with Crippen LogP contribution in [0.3, 0.4) is 0 Å². The van der Waals surface area contributed by atoms with Gasteiger partial charge in [-0.3, -0.25) is 8.98 Å². The van der Waals surface area contributed by atoms with Crippen LogP contribution in [0.5, 0.6) is 0 Å². The zero-order chi connectivity index (χ0) is 12.8. The zero-order valence-electron chi connectivity index (χ0n) is 9.07. The van der Waals surface area contributed by atoms with E-state index in [2.05, 4.69) is 25.4 Å². The minimum Gasteiger partial charge on any atom is -0.750 e. The molecular formula is C10H11BrNO4S-. The third-order valence-electron chi connectivity index (χ3n) is 2.04. The van der Waals surface area contributed by atoms with Gasteiger partial charge in [-0.15, -0.1) is 0 Å². The lowest BCUT2D eigenvalue weighted by Gasteiger charge is -2.12. The molecule has 0 heterocycles. The van der Waals surface area contributed by atoms with Gasteiger partial charge < -0.3 is 9.87 Å². The first-order valence-corrected chi connectivity index (χ1v) is 6.63. The van der Waals surface area contributed by atoms with Gasteiger partial charge in [-0.1, -0.05) is 19.1 Å². The molecule has 1 aromatic rings. The third kappa shape index (κ3) is 4.19. The zero-order valence-corrected chi connectivity index (χ0v) is 11.5. The van der Waals surface area contributed by atoms with Gasteiger partial charge in [0.1, 0.15) is 6.73 Å². The summed E-state index contributed by atoms with van der Waals surface area (Å²) < 4.78 is 25.3. The molecule has 0 aliphatic heterocycles. The lowest BCUT2D eigenvalue weighted by atomic mass is 10.1. The van der Waals surface area contributed by atoms with Crippen LogP contribution in [0, 0.1) is 0 Å². The molecule has 0 amide bonds. The number of benzene rings is 1. The molecule has 0 aromatic heterocycles. The molecule has 0 radical (unpaired) electrons. The van der Waals surface area contributed by atoms with Crippen molar-refractivity contribution in [3.8, 4) is 0 Å². The molecule has 94 valence electrons. The van der Waals surface area contributed by atoms with E-state index in [9.17, 15) is 13.6 Å². The van der Waals surface area contributed by atoms with E-state index in [1.165, 1.54) is 0 Å². The maximum atomic E-state index is 11.6. The number of ketones is 1. The van der Waals surface area contributed by atoms with Crippen LogP contribution in [-0.2, 0) is 15.5 Å². The van der Waals surface area contributed by atoms with E-state index in [0.29, 0.717) is 22.1 Å². The highest BCUT2D eigenvalue weighted by atomic mass is 79.9. The van der Waals surface area contributed by atoms with Gasteiger partial charge in [0.2, 0.25) is 0 Å². The number of carbonyl (C=O) groups excluding carboxylic acids is 1. The molecule has 0 aliphatic carbocycles. The number of halogens is 1. The molecule has 0 saturated heterocycles. The Kier molecular flexibility index (Phi) is 5.76. The van der Waals surface area contributed by atoms with Gasteiger partial charge in [0.25, 0.3) is 0 Å². The smallest absolute Gasteiger partial charge is 0.163 e. The Labute approximate surface area is 110 Å². The number of rotatable bonds is 6. The highest BCUT2D eigenvalue weighted by molar-refractivity contribution is 9.10. The van der Waals surface area contributed by atoms with Gasteiger partial charge in [-0.05, 0) is 22.0 Å². The van der Waals surface area contributed by atoms with E-state index in [4.69, 9.17) is 0 Å². The van der Waals surface area contributed by atoms with Crippen LogP contribution in [0.4, 0.5) is 5.69 Å². The van der Waals surface area contributed by atoms with E-state index in [1.807, 2.05) is 0 Å². The van der Waals surface area contributed by atoms with Gasteiger partial charge >= 0.3 is 0 Å². The van der Waals surface area contributed by atoms with E-state index >= 15 is 0 Å². The molecular weight excluding hydrogens is 310 g/mol. The summed E-state index contributed by atoms with van der Waals surface area (Å²) in [6.45, 7) is 1.59. The first-order valence-electron chi connectivity index (χ1n) is 4.84. The predicted molar refractivity (Wildman–Crippen MR) is 67.3 cm³/mol. The maximum absolute atomic E-state index is 11.6. The Hall–Kier alpha value is -0.760. The summed E-state index contributed by atoms with van der Waals surface area (Å²) >= 11 is 0.741. The molecule has 0 saturated carbocycles. The fourth-order valence-corrected chi connectivity index (χ4v) is 2.01. The molecule has 1 aromatic carbocycles. The summed E-state index contributed by atoms with van der Waals surface area (Å²) in [5.41, 5.74) is 1.16. The van der Waals surface area contributed by atoms with Crippen molar-refractivity contribution in [2.45, 2.75) is 13.3 Å². The topological polar surface area (TPSA) is 78.5 Å². The van der Waals surface area contributed by atoms with Crippen molar-refractivity contribution in [3.05, 3.63) is 28.2 Å². The summed E-state index contributed by atoms with van der Waals surface area (Å²) in [6.07, 6.45) is 0.406. The lowest BCUT2D eigenvalue weighted by molar-refractivity contribution is 0.0987. The SMILES string of the molecule is CCC(=O)c1cccc(NCOS(=O)[O-])c1Br. The standard InChI is InChI=1S/C10H12BrNO4S/c1-2-9(13)7-4-3-5-8(10(7)11)12-6-16-17(14)15/h3-5,12H,2,6H2,1H3,(H,14,15)/p-1. The lowest BCUT2D eigenvalue weighted by Crippen LogP contribution is -2.09. The van der Waals surface area contributed by atoms with Crippen molar-refractivity contribution < 1.29 is 17.7 Å². The van der Waals surface area contributed by atoms with E-state index in [0.717, 1.165) is 0 Å². The Balaban J connectivity index is 2.80. The van der Waals surface area contributed by atoms with Crippen LogP contribution in [0.25, 0.3) is 0 Å². The average Bonchev–Trinajstić information content (AvgIpc) is 2.30. The number of anilines is 1. The van der Waals surface area contributed by atoms with Crippen LogP contribution < -0.4 is 5.32 Å². The molecule has 0 spiro atoms. The largest absolute Gasteiger partial charge is 0.750 e. The molecule has 1 rings (SSSR count). The summed E-state index contributed by atoms with van der Waals surface area (Å²) in [5.74, 6) is 0.00819. The molecule has 7 heteroatoms. The third-order valence-corrected chi connectivity index (χ3v) is 3.20. The van der Waals surface area contributed by atoms with E-state index in [1.54, 1.807) is 25.1 Å². The van der Waals surface area contributed by atoms with Crippen LogP contribution in [0.15, 0.2) is 22.7 Å². The molecule has 0 aliphatic rings. The monoisotopic (exact) mass is 320 g/mol. The quantitative estimate of drug-likeness (QED) is 0.494. The number of hydrogen-bond acceptors (Lipinski definition) is 5. The van der Waals surface area contributed by atoms with Gasteiger partial charge in [0.05, 0.1) is 21.5 Å². The van der Waals surface area contributed by atoms with Gasteiger partial charge in [-0.2, -0.15) is 0 Å². The van der Waals surface area contributed by atoms with E-state index < -0.39 is 11.4 Å². The van der Waals surface area contributed by atoms with Crippen molar-refractivity contribution in [1.82, 2.24) is 0 Å². The van der Waals surface area contributed by atoms with Crippen LogP contribution >= 0.6 is 15.9 Å². The Morgan fingerprint density at radius 2 is 2.29 bits per heavy atom. The number of nitrogens with one attached hydrogen (secondary N) is 1. The molecule has 0 bridgehead atoms. The number of carbonyl (C=O) groups is 1. The fraction of sp³-hybridized carbons (Fsp3) is 0.300. The van der Waals surface area contributed by atoms with E-state index in [-0.39, 0.29) is 12.5 Å². The summed E-state index contributed by atoms with van der Waals surface area (Å²) in [6, 6.07) is 5.13. The summed E-state index contributed by atoms with van der Waals surface area (Å²) in [7, 11) is 0. The summed E-state index contributed by atoms with van der Waals surface area (Å²) in [5, 5.41) is 2.75. The first kappa shape index (κ1) is 14.3. The Morgan fingerprint density at radius 3 is 2.88 bits per heavy atom. The fourth-order valence-electron chi connectivity index (χ4n) is 1.23. The molecule has 0 fully saturated rings. The number of Topliss-reactive ketones (excluding diaryl/α,β-unsaturated/α-hetero) is 1. The minimum atomic E-state index is -2.56. The first-order chi connectivity index (χ1) is 8.06. The van der Waals surface area contributed by atoms with Crippen molar-refractivity contribution in [2.24, 2.45) is 0 Å². The van der Waals surface area contributed by atoms with Gasteiger partial charge in [-0.25, -0.2) is 4.21 Å². The molecule has 5 nitrogen and oxygen atoms in total. The van der Waals surface area contributed by atoms with Crippen molar-refractivity contribution in [1.29, 1.82) is 0 Å². The highest BCUT2D eigenvalue weighted by Gasteiger charge is 2.10. The van der Waals surface area contributed by atoms with Crippen LogP contribution in [0.1, 0.15) is 23.7 Å². The van der Waals surface area contributed by atoms with Gasteiger partial charge in [0.15, 0.2) is 5.78 Å². The maximum Gasteiger partial charge on any atom is 0.163 e. The predicted octanol–water partition coefficient (Wildman–Crippen LogP) is 2.22.